The lowest BCUT2D eigenvalue weighted by Crippen LogP contribution is -2.46. The minimum absolute atomic E-state index is 0.0257. The second-order valence-corrected chi connectivity index (χ2v) is 8.43. The molecule has 1 fully saturated rings. The van der Waals surface area contributed by atoms with Gasteiger partial charge in [-0.25, -0.2) is 17.5 Å². The van der Waals surface area contributed by atoms with Gasteiger partial charge in [-0.2, -0.15) is 0 Å². The van der Waals surface area contributed by atoms with Gasteiger partial charge in [0, 0.05) is 30.4 Å². The molecule has 27 heavy (non-hydrogen) atoms. The van der Waals surface area contributed by atoms with Crippen molar-refractivity contribution >= 4 is 21.6 Å². The molecule has 0 aliphatic carbocycles. The zero-order valence-electron chi connectivity index (χ0n) is 15.0. The molecule has 2 aromatic carbocycles. The van der Waals surface area contributed by atoms with Crippen LogP contribution >= 0.6 is 0 Å². The molecular formula is C19H22FN3O3S. The van der Waals surface area contributed by atoms with E-state index >= 15 is 0 Å². The Balaban J connectivity index is 1.62. The van der Waals surface area contributed by atoms with Gasteiger partial charge in [-0.05, 0) is 61.7 Å². The molecule has 0 aromatic heterocycles. The quantitative estimate of drug-likeness (QED) is 0.782. The molecule has 0 unspecified atom stereocenters. The molecule has 2 aromatic rings. The van der Waals surface area contributed by atoms with Crippen LogP contribution in [0.4, 0.5) is 10.1 Å². The zero-order valence-corrected chi connectivity index (χ0v) is 15.8. The number of nitrogens with one attached hydrogen (secondary N) is 1. The van der Waals surface area contributed by atoms with E-state index in [4.69, 9.17) is 5.73 Å². The van der Waals surface area contributed by atoms with E-state index in [1.165, 1.54) is 12.1 Å². The third kappa shape index (κ3) is 4.45. The molecule has 144 valence electrons. The lowest BCUT2D eigenvalue weighted by molar-refractivity contribution is 0.0710. The van der Waals surface area contributed by atoms with Crippen molar-refractivity contribution in [3.8, 4) is 0 Å². The Labute approximate surface area is 158 Å². The topological polar surface area (TPSA) is 92.5 Å². The van der Waals surface area contributed by atoms with Gasteiger partial charge >= 0.3 is 0 Å². The van der Waals surface area contributed by atoms with Crippen LogP contribution in [0.15, 0.2) is 47.4 Å². The van der Waals surface area contributed by atoms with Crippen LogP contribution in [0.1, 0.15) is 28.8 Å². The minimum Gasteiger partial charge on any atom is -0.399 e. The average Bonchev–Trinajstić information content (AvgIpc) is 2.64. The lowest BCUT2D eigenvalue weighted by atomic mass is 10.0. The van der Waals surface area contributed by atoms with Gasteiger partial charge in [0.1, 0.15) is 5.82 Å². The summed E-state index contributed by atoms with van der Waals surface area (Å²) >= 11 is 0. The highest BCUT2D eigenvalue weighted by Crippen LogP contribution is 2.20. The zero-order chi connectivity index (χ0) is 19.6. The van der Waals surface area contributed by atoms with Crippen molar-refractivity contribution in [1.82, 2.24) is 9.62 Å². The maximum absolute atomic E-state index is 13.0. The Bertz CT molecular complexity index is 937. The van der Waals surface area contributed by atoms with Crippen molar-refractivity contribution in [1.29, 1.82) is 0 Å². The van der Waals surface area contributed by atoms with Crippen LogP contribution in [0, 0.1) is 12.7 Å². The number of nitrogens with zero attached hydrogens (tertiary/aromatic N) is 1. The Morgan fingerprint density at radius 3 is 2.41 bits per heavy atom. The van der Waals surface area contributed by atoms with E-state index in [9.17, 15) is 17.6 Å². The highest BCUT2D eigenvalue weighted by Gasteiger charge is 2.27. The van der Waals surface area contributed by atoms with E-state index in [1.807, 2.05) is 13.0 Å². The number of hydrogen-bond donors (Lipinski definition) is 2. The molecule has 1 aliphatic rings. The molecular weight excluding hydrogens is 369 g/mol. The van der Waals surface area contributed by atoms with E-state index in [-0.39, 0.29) is 16.8 Å². The van der Waals surface area contributed by atoms with Crippen LogP contribution in [-0.2, 0) is 10.0 Å². The summed E-state index contributed by atoms with van der Waals surface area (Å²) in [6, 6.07) is 9.66. The third-order valence-corrected chi connectivity index (χ3v) is 6.26. The Morgan fingerprint density at radius 2 is 1.78 bits per heavy atom. The number of amides is 1. The molecule has 1 aliphatic heterocycles. The molecule has 3 N–H and O–H groups in total. The fraction of sp³-hybridized carbons (Fsp3) is 0.316. The SMILES string of the molecule is Cc1ccc(N)cc1C(=O)N1CCC(NS(=O)(=O)c2ccc(F)cc2)CC1. The fourth-order valence-corrected chi connectivity index (χ4v) is 4.45. The van der Waals surface area contributed by atoms with Crippen LogP contribution in [0.2, 0.25) is 0 Å². The second kappa shape index (κ2) is 7.66. The summed E-state index contributed by atoms with van der Waals surface area (Å²) in [4.78, 5) is 14.5. The normalized spacial score (nSPS) is 15.7. The number of nitrogens with two attached hydrogens (primary N) is 1. The lowest BCUT2D eigenvalue weighted by Gasteiger charge is -2.32. The number of hydrogen-bond acceptors (Lipinski definition) is 4. The van der Waals surface area contributed by atoms with Gasteiger partial charge in [-0.1, -0.05) is 6.07 Å². The predicted octanol–water partition coefficient (Wildman–Crippen LogP) is 2.30. The van der Waals surface area contributed by atoms with Gasteiger partial charge < -0.3 is 10.6 Å². The number of anilines is 1. The van der Waals surface area contributed by atoms with Crippen molar-refractivity contribution in [3.63, 3.8) is 0 Å². The number of benzene rings is 2. The van der Waals surface area contributed by atoms with E-state index in [0.29, 0.717) is 37.2 Å². The van der Waals surface area contributed by atoms with Gasteiger partial charge in [0.05, 0.1) is 4.90 Å². The number of piperidine rings is 1. The largest absolute Gasteiger partial charge is 0.399 e. The first kappa shape index (κ1) is 19.3. The molecule has 1 saturated heterocycles. The molecule has 1 amide bonds. The van der Waals surface area contributed by atoms with Crippen molar-refractivity contribution in [2.24, 2.45) is 0 Å². The summed E-state index contributed by atoms with van der Waals surface area (Å²) < 4.78 is 40.4. The van der Waals surface area contributed by atoms with Crippen LogP contribution in [0.5, 0.6) is 0 Å². The number of carbonyl (C=O) groups excluding carboxylic acids is 1. The first-order valence-corrected chi connectivity index (χ1v) is 10.2. The molecule has 3 rings (SSSR count). The standard InChI is InChI=1S/C19H22FN3O3S/c1-13-2-5-15(21)12-18(13)19(24)23-10-8-16(9-11-23)22-27(25,26)17-6-3-14(20)4-7-17/h2-7,12,16,22H,8-11,21H2,1H3. The Kier molecular flexibility index (Phi) is 5.48. The predicted molar refractivity (Wildman–Crippen MR) is 101 cm³/mol. The maximum Gasteiger partial charge on any atom is 0.254 e. The van der Waals surface area contributed by atoms with E-state index in [0.717, 1.165) is 17.7 Å². The third-order valence-electron chi connectivity index (χ3n) is 4.72. The van der Waals surface area contributed by atoms with Gasteiger partial charge in [0.2, 0.25) is 10.0 Å². The molecule has 0 saturated carbocycles. The monoisotopic (exact) mass is 391 g/mol. The van der Waals surface area contributed by atoms with Gasteiger partial charge in [-0.15, -0.1) is 0 Å². The summed E-state index contributed by atoms with van der Waals surface area (Å²) in [5.41, 5.74) is 7.74. The number of aryl methyl sites for hydroxylation is 1. The first-order chi connectivity index (χ1) is 12.8. The van der Waals surface area contributed by atoms with E-state index < -0.39 is 15.8 Å². The molecule has 0 radical (unpaired) electrons. The van der Waals surface area contributed by atoms with Gasteiger partial charge in [-0.3, -0.25) is 4.79 Å². The molecule has 6 nitrogen and oxygen atoms in total. The number of halogens is 1. The Hall–Kier alpha value is -2.45. The smallest absolute Gasteiger partial charge is 0.254 e. The summed E-state index contributed by atoms with van der Waals surface area (Å²) in [7, 11) is -3.72. The van der Waals surface area contributed by atoms with Crippen LogP contribution in [0.3, 0.4) is 0 Å². The molecule has 0 atom stereocenters. The van der Waals surface area contributed by atoms with Gasteiger partial charge in [0.25, 0.3) is 5.91 Å². The van der Waals surface area contributed by atoms with Crippen LogP contribution in [-0.4, -0.2) is 38.4 Å². The number of carbonyl (C=O) groups is 1. The number of likely N-dealkylation sites (tertiary alicyclic amines) is 1. The Morgan fingerprint density at radius 1 is 1.15 bits per heavy atom. The molecule has 8 heteroatoms. The van der Waals surface area contributed by atoms with E-state index in [1.54, 1.807) is 17.0 Å². The maximum atomic E-state index is 13.0. The number of sulfonamides is 1. The van der Waals surface area contributed by atoms with Crippen molar-refractivity contribution in [2.45, 2.75) is 30.7 Å². The summed E-state index contributed by atoms with van der Waals surface area (Å²) in [6.07, 6.45) is 1.01. The molecule has 0 spiro atoms. The number of nitrogen functional groups attached to an aromatic ring is 1. The average molecular weight is 391 g/mol. The number of rotatable bonds is 4. The molecule has 0 bridgehead atoms. The van der Waals surface area contributed by atoms with Crippen LogP contribution in [0.25, 0.3) is 0 Å². The summed E-state index contributed by atoms with van der Waals surface area (Å²) in [5, 5.41) is 0. The van der Waals surface area contributed by atoms with Crippen molar-refractivity contribution in [2.75, 3.05) is 18.8 Å². The minimum atomic E-state index is -3.72. The highest BCUT2D eigenvalue weighted by atomic mass is 32.2. The van der Waals surface area contributed by atoms with Crippen LogP contribution < -0.4 is 10.5 Å². The van der Waals surface area contributed by atoms with Crippen molar-refractivity contribution in [3.05, 3.63) is 59.4 Å². The van der Waals surface area contributed by atoms with Gasteiger partial charge in [0.15, 0.2) is 0 Å². The summed E-state index contributed by atoms with van der Waals surface area (Å²) in [6.45, 7) is 2.75. The van der Waals surface area contributed by atoms with E-state index in [2.05, 4.69) is 4.72 Å². The highest BCUT2D eigenvalue weighted by molar-refractivity contribution is 7.89. The fourth-order valence-electron chi connectivity index (χ4n) is 3.14. The van der Waals surface area contributed by atoms with Crippen molar-refractivity contribution < 1.29 is 17.6 Å². The summed E-state index contributed by atoms with van der Waals surface area (Å²) in [5.74, 6) is -0.586. The molecule has 1 heterocycles. The first-order valence-electron chi connectivity index (χ1n) is 8.69. The second-order valence-electron chi connectivity index (χ2n) is 6.72.